The molecule has 0 unspecified atom stereocenters. The highest BCUT2D eigenvalue weighted by atomic mass is 16.5. The predicted molar refractivity (Wildman–Crippen MR) is 91.2 cm³/mol. The maximum absolute atomic E-state index is 12.4. The van der Waals surface area contributed by atoms with E-state index in [0.29, 0.717) is 11.3 Å². The second-order valence-corrected chi connectivity index (χ2v) is 5.49. The number of likely N-dealkylation sites (N-methyl/N-ethyl adjacent to an activating group) is 1. The monoisotopic (exact) mass is 330 g/mol. The van der Waals surface area contributed by atoms with Gasteiger partial charge in [0.2, 0.25) is 11.8 Å². The molecule has 2 amide bonds. The molecule has 1 N–H and O–H groups in total. The van der Waals surface area contributed by atoms with Gasteiger partial charge in [0, 0.05) is 26.0 Å². The first kappa shape index (κ1) is 17.5. The van der Waals surface area contributed by atoms with Crippen LogP contribution in [-0.4, -0.2) is 47.2 Å². The first-order valence-corrected chi connectivity index (χ1v) is 7.66. The van der Waals surface area contributed by atoms with Gasteiger partial charge in [0.05, 0.1) is 13.7 Å². The van der Waals surface area contributed by atoms with Gasteiger partial charge >= 0.3 is 0 Å². The van der Waals surface area contributed by atoms with Crippen molar-refractivity contribution in [3.63, 3.8) is 0 Å². The molecule has 1 aromatic heterocycles. The first-order chi connectivity index (χ1) is 11.4. The smallest absolute Gasteiger partial charge is 0.261 e. The number of aromatic nitrogens is 2. The summed E-state index contributed by atoms with van der Waals surface area (Å²) in [5.74, 6) is -0.348. The zero-order valence-corrected chi connectivity index (χ0v) is 14.4. The molecule has 2 aromatic rings. The highest BCUT2D eigenvalue weighted by Crippen LogP contribution is 2.16. The van der Waals surface area contributed by atoms with Crippen LogP contribution in [0.3, 0.4) is 0 Å². The summed E-state index contributed by atoms with van der Waals surface area (Å²) in [5, 5.41) is 6.82. The number of nitrogens with one attached hydrogen (secondary N) is 1. The maximum Gasteiger partial charge on any atom is 0.261 e. The fourth-order valence-electron chi connectivity index (χ4n) is 2.28. The van der Waals surface area contributed by atoms with Gasteiger partial charge in [0.1, 0.15) is 5.56 Å². The summed E-state index contributed by atoms with van der Waals surface area (Å²) in [7, 11) is 4.71. The van der Waals surface area contributed by atoms with E-state index >= 15 is 0 Å². The Morgan fingerprint density at radius 1 is 1.29 bits per heavy atom. The van der Waals surface area contributed by atoms with E-state index in [4.69, 9.17) is 4.74 Å². The van der Waals surface area contributed by atoms with E-state index in [-0.39, 0.29) is 24.2 Å². The Balaban J connectivity index is 1.98. The van der Waals surface area contributed by atoms with E-state index in [9.17, 15) is 9.59 Å². The molecule has 0 aliphatic heterocycles. The van der Waals surface area contributed by atoms with Crippen LogP contribution in [0.25, 0.3) is 0 Å². The van der Waals surface area contributed by atoms with Crippen molar-refractivity contribution in [1.29, 1.82) is 0 Å². The second kappa shape index (κ2) is 7.63. The minimum atomic E-state index is -0.323. The van der Waals surface area contributed by atoms with Gasteiger partial charge in [-0.25, -0.2) is 0 Å². The normalized spacial score (nSPS) is 10.3. The van der Waals surface area contributed by atoms with Crippen molar-refractivity contribution in [2.24, 2.45) is 7.05 Å². The van der Waals surface area contributed by atoms with E-state index in [2.05, 4.69) is 17.3 Å². The topological polar surface area (TPSA) is 76.5 Å². The van der Waals surface area contributed by atoms with E-state index in [1.165, 1.54) is 22.3 Å². The van der Waals surface area contributed by atoms with E-state index in [1.54, 1.807) is 20.3 Å². The Morgan fingerprint density at radius 2 is 1.96 bits per heavy atom. The molecule has 24 heavy (non-hydrogen) atoms. The lowest BCUT2D eigenvalue weighted by molar-refractivity contribution is -0.116. The minimum Gasteiger partial charge on any atom is -0.479 e. The summed E-state index contributed by atoms with van der Waals surface area (Å²) in [5.41, 5.74) is 2.23. The number of carbonyl (C=O) groups is 2. The second-order valence-electron chi connectivity index (χ2n) is 5.49. The molecule has 0 aliphatic carbocycles. The predicted octanol–water partition coefficient (Wildman–Crippen LogP) is 1.70. The third kappa shape index (κ3) is 4.13. The van der Waals surface area contributed by atoms with E-state index in [0.717, 1.165) is 6.42 Å². The zero-order chi connectivity index (χ0) is 17.7. The number of benzene rings is 1. The molecule has 0 bridgehead atoms. The van der Waals surface area contributed by atoms with Crippen LogP contribution in [0.2, 0.25) is 0 Å². The number of methoxy groups -OCH3 is 1. The van der Waals surface area contributed by atoms with Gasteiger partial charge in [-0.05, 0) is 24.1 Å². The molecule has 1 heterocycles. The molecule has 0 fully saturated rings. The third-order valence-electron chi connectivity index (χ3n) is 3.59. The third-order valence-corrected chi connectivity index (χ3v) is 3.59. The Hall–Kier alpha value is -2.83. The highest BCUT2D eigenvalue weighted by molar-refractivity contribution is 6.00. The van der Waals surface area contributed by atoms with Crippen LogP contribution in [-0.2, 0) is 18.3 Å². The molecule has 2 rings (SSSR count). The molecule has 0 radical (unpaired) electrons. The Kier molecular flexibility index (Phi) is 5.57. The van der Waals surface area contributed by atoms with Crippen molar-refractivity contribution in [3.8, 4) is 5.88 Å². The lowest BCUT2D eigenvalue weighted by atomic mass is 10.1. The van der Waals surface area contributed by atoms with Gasteiger partial charge < -0.3 is 15.0 Å². The molecule has 0 aliphatic rings. The Labute approximate surface area is 141 Å². The van der Waals surface area contributed by atoms with Crippen molar-refractivity contribution in [3.05, 3.63) is 41.6 Å². The van der Waals surface area contributed by atoms with Crippen LogP contribution in [0.5, 0.6) is 5.88 Å². The maximum atomic E-state index is 12.4. The standard InChI is InChI=1S/C17H22N4O3/c1-5-12-6-8-13(9-7-12)18-15(22)11-20(2)17(23)14-10-21(3)19-16(14)24-4/h6-10H,5,11H2,1-4H3,(H,18,22). The number of carbonyl (C=O) groups excluding carboxylic acids is 2. The van der Waals surface area contributed by atoms with Crippen molar-refractivity contribution < 1.29 is 14.3 Å². The van der Waals surface area contributed by atoms with Crippen LogP contribution >= 0.6 is 0 Å². The van der Waals surface area contributed by atoms with Crippen molar-refractivity contribution in [1.82, 2.24) is 14.7 Å². The summed E-state index contributed by atoms with van der Waals surface area (Å²) in [6, 6.07) is 7.63. The van der Waals surface area contributed by atoms with Gasteiger partial charge in [-0.1, -0.05) is 19.1 Å². The van der Waals surface area contributed by atoms with Crippen LogP contribution in [0, 0.1) is 0 Å². The molecular formula is C17H22N4O3. The van der Waals surface area contributed by atoms with Crippen molar-refractivity contribution >= 4 is 17.5 Å². The first-order valence-electron chi connectivity index (χ1n) is 7.66. The molecule has 7 heteroatoms. The average Bonchev–Trinajstić information content (AvgIpc) is 2.95. The molecule has 0 saturated carbocycles. The van der Waals surface area contributed by atoms with Gasteiger partial charge in [-0.15, -0.1) is 5.10 Å². The fourth-order valence-corrected chi connectivity index (χ4v) is 2.28. The van der Waals surface area contributed by atoms with Gasteiger partial charge in [0.25, 0.3) is 5.91 Å². The van der Waals surface area contributed by atoms with Crippen LogP contribution in [0.15, 0.2) is 30.5 Å². The van der Waals surface area contributed by atoms with Gasteiger partial charge in [-0.2, -0.15) is 0 Å². The molecule has 0 spiro atoms. The van der Waals surface area contributed by atoms with Crippen LogP contribution in [0.4, 0.5) is 5.69 Å². The quantitative estimate of drug-likeness (QED) is 0.875. The van der Waals surface area contributed by atoms with Gasteiger partial charge in [0.15, 0.2) is 0 Å². The number of amides is 2. The van der Waals surface area contributed by atoms with Crippen LogP contribution in [0.1, 0.15) is 22.8 Å². The number of anilines is 1. The van der Waals surface area contributed by atoms with E-state index in [1.807, 2.05) is 24.3 Å². The summed E-state index contributed by atoms with van der Waals surface area (Å²) < 4.78 is 6.58. The average molecular weight is 330 g/mol. The number of hydrogen-bond donors (Lipinski definition) is 1. The lowest BCUT2D eigenvalue weighted by Gasteiger charge is -2.16. The molecule has 0 saturated heterocycles. The summed E-state index contributed by atoms with van der Waals surface area (Å²) >= 11 is 0. The molecule has 1 aromatic carbocycles. The van der Waals surface area contributed by atoms with E-state index < -0.39 is 0 Å². The molecule has 128 valence electrons. The Morgan fingerprint density at radius 3 is 2.54 bits per heavy atom. The number of nitrogens with zero attached hydrogens (tertiary/aromatic N) is 3. The molecule has 7 nitrogen and oxygen atoms in total. The SMILES string of the molecule is CCc1ccc(NC(=O)CN(C)C(=O)c2cn(C)nc2OC)cc1. The number of rotatable bonds is 6. The number of ether oxygens (including phenoxy) is 1. The van der Waals surface area contributed by atoms with Crippen LogP contribution < -0.4 is 10.1 Å². The van der Waals surface area contributed by atoms with Crippen molar-refractivity contribution in [2.45, 2.75) is 13.3 Å². The highest BCUT2D eigenvalue weighted by Gasteiger charge is 2.21. The largest absolute Gasteiger partial charge is 0.479 e. The summed E-state index contributed by atoms with van der Waals surface area (Å²) in [6.45, 7) is 2.01. The van der Waals surface area contributed by atoms with Crippen molar-refractivity contribution in [2.75, 3.05) is 26.0 Å². The lowest BCUT2D eigenvalue weighted by Crippen LogP contribution is -2.35. The summed E-state index contributed by atoms with van der Waals surface area (Å²) in [4.78, 5) is 25.9. The summed E-state index contributed by atoms with van der Waals surface area (Å²) in [6.07, 6.45) is 2.51. The van der Waals surface area contributed by atoms with Gasteiger partial charge in [-0.3, -0.25) is 14.3 Å². The molecular weight excluding hydrogens is 308 g/mol. The number of aryl methyl sites for hydroxylation is 2. The fraction of sp³-hybridized carbons (Fsp3) is 0.353. The zero-order valence-electron chi connectivity index (χ0n) is 14.4. The number of hydrogen-bond acceptors (Lipinski definition) is 4. The molecule has 0 atom stereocenters. The minimum absolute atomic E-state index is 0.0631. The Bertz CT molecular complexity index is 722.